The van der Waals surface area contributed by atoms with Crippen LogP contribution >= 0.6 is 0 Å². The summed E-state index contributed by atoms with van der Waals surface area (Å²) in [7, 11) is 0. The average Bonchev–Trinajstić information content (AvgIpc) is 2.39. The fraction of sp³-hybridized carbons (Fsp3) is 0.533. The van der Waals surface area contributed by atoms with Crippen molar-refractivity contribution in [2.75, 3.05) is 13.1 Å². The molecule has 0 fully saturated rings. The van der Waals surface area contributed by atoms with Crippen molar-refractivity contribution in [3.05, 3.63) is 30.1 Å². The van der Waals surface area contributed by atoms with Crippen molar-refractivity contribution < 1.29 is 9.13 Å². The first-order valence-corrected chi connectivity index (χ1v) is 6.94. The molecule has 20 heavy (non-hydrogen) atoms. The lowest BCUT2D eigenvalue weighted by atomic mass is 10.1. The minimum atomic E-state index is -0.369. The van der Waals surface area contributed by atoms with Gasteiger partial charge in [0.15, 0.2) is 17.5 Å². The minimum absolute atomic E-state index is 0.238. The quantitative estimate of drug-likeness (QED) is 0.596. The Morgan fingerprint density at radius 1 is 1.35 bits per heavy atom. The minimum Gasteiger partial charge on any atom is -0.486 e. The highest BCUT2D eigenvalue weighted by atomic mass is 19.1. The fourth-order valence-corrected chi connectivity index (χ4v) is 1.57. The average molecular weight is 281 g/mol. The Hall–Kier alpha value is -1.78. The van der Waals surface area contributed by atoms with Crippen molar-refractivity contribution >= 4 is 5.96 Å². The summed E-state index contributed by atoms with van der Waals surface area (Å²) in [4.78, 5) is 4.18. The Balaban J connectivity index is 2.35. The lowest BCUT2D eigenvalue weighted by molar-refractivity contribution is 0.220. The number of benzene rings is 1. The van der Waals surface area contributed by atoms with E-state index in [1.54, 1.807) is 18.2 Å². The van der Waals surface area contributed by atoms with E-state index in [0.29, 0.717) is 18.4 Å². The number of nitrogens with two attached hydrogens (primary N) is 1. The van der Waals surface area contributed by atoms with E-state index in [-0.39, 0.29) is 17.7 Å². The van der Waals surface area contributed by atoms with E-state index in [1.165, 1.54) is 6.07 Å². The highest BCUT2D eigenvalue weighted by Crippen LogP contribution is 2.16. The Bertz CT molecular complexity index is 435. The van der Waals surface area contributed by atoms with Crippen LogP contribution in [-0.2, 0) is 0 Å². The third-order valence-corrected chi connectivity index (χ3v) is 2.71. The molecule has 1 rings (SSSR count). The molecule has 0 saturated heterocycles. The molecule has 3 N–H and O–H groups in total. The summed E-state index contributed by atoms with van der Waals surface area (Å²) in [5.74, 6) is 0.890. The van der Waals surface area contributed by atoms with Crippen molar-refractivity contribution in [1.29, 1.82) is 0 Å². The van der Waals surface area contributed by atoms with Crippen LogP contribution in [0.15, 0.2) is 29.3 Å². The topological polar surface area (TPSA) is 59.6 Å². The number of guanidine groups is 1. The molecule has 0 amide bonds. The van der Waals surface area contributed by atoms with Gasteiger partial charge in [0.2, 0.25) is 0 Å². The lowest BCUT2D eigenvalue weighted by Gasteiger charge is -2.14. The fourth-order valence-electron chi connectivity index (χ4n) is 1.57. The molecule has 0 aliphatic carbocycles. The van der Waals surface area contributed by atoms with Gasteiger partial charge in [-0.2, -0.15) is 0 Å². The molecular formula is C15H24FN3O. The van der Waals surface area contributed by atoms with Gasteiger partial charge in [-0.1, -0.05) is 26.0 Å². The zero-order valence-electron chi connectivity index (χ0n) is 12.4. The van der Waals surface area contributed by atoms with Crippen LogP contribution < -0.4 is 15.8 Å². The molecular weight excluding hydrogens is 257 g/mol. The number of rotatable bonds is 7. The Morgan fingerprint density at radius 2 is 2.05 bits per heavy atom. The molecule has 0 aliphatic rings. The van der Waals surface area contributed by atoms with Crippen LogP contribution in [0.3, 0.4) is 0 Å². The van der Waals surface area contributed by atoms with Gasteiger partial charge in [-0.3, -0.25) is 0 Å². The van der Waals surface area contributed by atoms with Crippen LogP contribution in [0.5, 0.6) is 5.75 Å². The van der Waals surface area contributed by atoms with E-state index in [2.05, 4.69) is 24.2 Å². The maximum Gasteiger partial charge on any atom is 0.188 e. The van der Waals surface area contributed by atoms with Crippen LogP contribution in [0.2, 0.25) is 0 Å². The van der Waals surface area contributed by atoms with Gasteiger partial charge < -0.3 is 15.8 Å². The molecule has 5 heteroatoms. The van der Waals surface area contributed by atoms with Crippen molar-refractivity contribution in [2.24, 2.45) is 16.6 Å². The standard InChI is InChI=1S/C15H24FN3O/c1-11(2)8-9-18-15(17)19-10-12(3)20-14-7-5-4-6-13(14)16/h4-7,11-12H,8-10H2,1-3H3,(H3,17,18,19). The first-order chi connectivity index (χ1) is 9.49. The van der Waals surface area contributed by atoms with Crippen molar-refractivity contribution in [3.8, 4) is 5.75 Å². The van der Waals surface area contributed by atoms with E-state index < -0.39 is 0 Å². The van der Waals surface area contributed by atoms with Gasteiger partial charge in [0, 0.05) is 6.54 Å². The molecule has 0 bridgehead atoms. The molecule has 0 saturated carbocycles. The second-order valence-electron chi connectivity index (χ2n) is 5.19. The molecule has 0 aliphatic heterocycles. The molecule has 0 spiro atoms. The third kappa shape index (κ3) is 6.41. The molecule has 0 aromatic heterocycles. The van der Waals surface area contributed by atoms with E-state index >= 15 is 0 Å². The largest absolute Gasteiger partial charge is 0.486 e. The van der Waals surface area contributed by atoms with Gasteiger partial charge in [0.1, 0.15) is 6.10 Å². The SMILES string of the molecule is CC(C)CCNC(N)=NCC(C)Oc1ccccc1F. The third-order valence-electron chi connectivity index (χ3n) is 2.71. The Labute approximate surface area is 120 Å². The zero-order valence-corrected chi connectivity index (χ0v) is 12.4. The molecule has 0 radical (unpaired) electrons. The summed E-state index contributed by atoms with van der Waals surface area (Å²) in [5, 5.41) is 3.04. The summed E-state index contributed by atoms with van der Waals surface area (Å²) in [5.41, 5.74) is 5.74. The predicted octanol–water partition coefficient (Wildman–Crippen LogP) is 2.54. The van der Waals surface area contributed by atoms with E-state index in [0.717, 1.165) is 13.0 Å². The van der Waals surface area contributed by atoms with Gasteiger partial charge in [-0.15, -0.1) is 0 Å². The molecule has 1 aromatic carbocycles. The van der Waals surface area contributed by atoms with Gasteiger partial charge in [-0.25, -0.2) is 9.38 Å². The van der Waals surface area contributed by atoms with Crippen LogP contribution in [0, 0.1) is 11.7 Å². The van der Waals surface area contributed by atoms with Gasteiger partial charge in [-0.05, 0) is 31.4 Å². The number of hydrogen-bond donors (Lipinski definition) is 2. The smallest absolute Gasteiger partial charge is 0.188 e. The number of nitrogens with one attached hydrogen (secondary N) is 1. The van der Waals surface area contributed by atoms with Crippen molar-refractivity contribution in [3.63, 3.8) is 0 Å². The summed E-state index contributed by atoms with van der Waals surface area (Å²) in [6.07, 6.45) is 0.801. The van der Waals surface area contributed by atoms with Crippen molar-refractivity contribution in [1.82, 2.24) is 5.32 Å². The Kier molecular flexibility index (Phi) is 6.84. The maximum atomic E-state index is 13.4. The number of halogens is 1. The number of para-hydroxylation sites is 1. The molecule has 4 nitrogen and oxygen atoms in total. The molecule has 1 atom stereocenters. The first kappa shape index (κ1) is 16.3. The summed E-state index contributed by atoms with van der Waals surface area (Å²) < 4.78 is 18.9. The Morgan fingerprint density at radius 3 is 2.70 bits per heavy atom. The second kappa shape index (κ2) is 8.40. The lowest BCUT2D eigenvalue weighted by Crippen LogP contribution is -2.34. The molecule has 1 unspecified atom stereocenters. The van der Waals surface area contributed by atoms with Crippen LogP contribution in [-0.4, -0.2) is 25.2 Å². The zero-order chi connectivity index (χ0) is 15.0. The van der Waals surface area contributed by atoms with E-state index in [1.807, 2.05) is 6.92 Å². The highest BCUT2D eigenvalue weighted by Gasteiger charge is 2.07. The summed E-state index contributed by atoms with van der Waals surface area (Å²) >= 11 is 0. The molecule has 0 heterocycles. The summed E-state index contributed by atoms with van der Waals surface area (Å²) in [6, 6.07) is 6.32. The normalized spacial score (nSPS) is 13.3. The highest BCUT2D eigenvalue weighted by molar-refractivity contribution is 5.77. The molecule has 112 valence electrons. The van der Waals surface area contributed by atoms with Crippen LogP contribution in [0.1, 0.15) is 27.2 Å². The van der Waals surface area contributed by atoms with E-state index in [4.69, 9.17) is 10.5 Å². The molecule has 1 aromatic rings. The van der Waals surface area contributed by atoms with Gasteiger partial charge in [0.25, 0.3) is 0 Å². The number of nitrogens with zero attached hydrogens (tertiary/aromatic N) is 1. The second-order valence-corrected chi connectivity index (χ2v) is 5.19. The van der Waals surface area contributed by atoms with Gasteiger partial charge in [0.05, 0.1) is 6.54 Å². The van der Waals surface area contributed by atoms with Gasteiger partial charge >= 0.3 is 0 Å². The van der Waals surface area contributed by atoms with Crippen LogP contribution in [0.4, 0.5) is 4.39 Å². The number of hydrogen-bond acceptors (Lipinski definition) is 2. The predicted molar refractivity (Wildman–Crippen MR) is 80.4 cm³/mol. The van der Waals surface area contributed by atoms with Crippen LogP contribution in [0.25, 0.3) is 0 Å². The number of aliphatic imine (C=N–C) groups is 1. The first-order valence-electron chi connectivity index (χ1n) is 6.94. The summed E-state index contributed by atoms with van der Waals surface area (Å²) in [6.45, 7) is 7.32. The number of ether oxygens (including phenoxy) is 1. The maximum absolute atomic E-state index is 13.4. The monoisotopic (exact) mass is 281 g/mol. The van der Waals surface area contributed by atoms with Crippen molar-refractivity contribution in [2.45, 2.75) is 33.3 Å². The van der Waals surface area contributed by atoms with E-state index in [9.17, 15) is 4.39 Å².